The van der Waals surface area contributed by atoms with Gasteiger partial charge in [-0.25, -0.2) is 9.13 Å². The first-order valence-corrected chi connectivity index (χ1v) is 7.03. The second kappa shape index (κ2) is 4.24. The largest absolute Gasteiger partial charge is 0.481 e. The predicted molar refractivity (Wildman–Crippen MR) is 47.9 cm³/mol. The second-order valence-electron chi connectivity index (χ2n) is 3.36. The summed E-state index contributed by atoms with van der Waals surface area (Å²) >= 11 is 0. The van der Waals surface area contributed by atoms with Crippen LogP contribution < -0.4 is 0 Å². The molecule has 0 spiro atoms. The lowest BCUT2D eigenvalue weighted by molar-refractivity contribution is 0.163. The molecule has 0 aromatic carbocycles. The zero-order valence-electron chi connectivity index (χ0n) is 7.90. The molecule has 1 heterocycles. The third kappa shape index (κ3) is 5.75. The summed E-state index contributed by atoms with van der Waals surface area (Å²) in [5, 5.41) is 0. The molecule has 1 fully saturated rings. The van der Waals surface area contributed by atoms with Crippen LogP contribution in [0.15, 0.2) is 0 Å². The summed E-state index contributed by atoms with van der Waals surface area (Å²) in [6.07, 6.45) is 0.349. The van der Waals surface area contributed by atoms with Gasteiger partial charge in [-0.15, -0.1) is 0 Å². The minimum Gasteiger partial charge on any atom is -0.370 e. The maximum Gasteiger partial charge on any atom is 0.481 e. The molecule has 90 valence electrons. The van der Waals surface area contributed by atoms with Crippen molar-refractivity contribution in [2.45, 2.75) is 18.9 Å². The van der Waals surface area contributed by atoms with Crippen molar-refractivity contribution in [2.24, 2.45) is 0 Å². The highest BCUT2D eigenvalue weighted by atomic mass is 31.3. The average molecular weight is 262 g/mol. The Kier molecular flexibility index (Phi) is 3.75. The molecular formula is C5H12O8P2. The molecule has 1 unspecified atom stereocenters. The molecule has 8 nitrogen and oxygen atoms in total. The Morgan fingerprint density at radius 3 is 2.33 bits per heavy atom. The highest BCUT2D eigenvalue weighted by Gasteiger charge is 2.40. The molecule has 0 saturated carbocycles. The lowest BCUT2D eigenvalue weighted by Gasteiger charge is -2.12. The molecule has 2 atom stereocenters. The van der Waals surface area contributed by atoms with Gasteiger partial charge < -0.3 is 19.4 Å². The Morgan fingerprint density at radius 1 is 1.40 bits per heavy atom. The Morgan fingerprint density at radius 2 is 1.93 bits per heavy atom. The predicted octanol–water partition coefficient (Wildman–Crippen LogP) is 0.392. The van der Waals surface area contributed by atoms with Gasteiger partial charge in [-0.1, -0.05) is 0 Å². The van der Waals surface area contributed by atoms with Crippen LogP contribution in [0.5, 0.6) is 0 Å². The number of phosphoric acid groups is 2. The summed E-state index contributed by atoms with van der Waals surface area (Å²) < 4.78 is 34.0. The van der Waals surface area contributed by atoms with E-state index in [0.717, 1.165) is 0 Å². The lowest BCUT2D eigenvalue weighted by atomic mass is 10.1. The first kappa shape index (κ1) is 13.3. The van der Waals surface area contributed by atoms with E-state index in [-0.39, 0.29) is 12.2 Å². The monoisotopic (exact) mass is 262 g/mol. The number of phosphoric ester groups is 1. The van der Waals surface area contributed by atoms with Gasteiger partial charge in [0.15, 0.2) is 0 Å². The molecule has 0 radical (unpaired) electrons. The van der Waals surface area contributed by atoms with Gasteiger partial charge in [0, 0.05) is 6.42 Å². The van der Waals surface area contributed by atoms with Crippen molar-refractivity contribution in [3.8, 4) is 0 Å². The van der Waals surface area contributed by atoms with Crippen molar-refractivity contribution < 1.29 is 37.4 Å². The van der Waals surface area contributed by atoms with E-state index >= 15 is 0 Å². The Balaban J connectivity index is 2.30. The summed E-state index contributed by atoms with van der Waals surface area (Å²) in [5.41, 5.74) is -0.359. The van der Waals surface area contributed by atoms with Crippen LogP contribution in [0.2, 0.25) is 0 Å². The van der Waals surface area contributed by atoms with Gasteiger partial charge in [-0.2, -0.15) is 4.31 Å². The molecule has 1 saturated heterocycles. The Bertz CT molecular complexity index is 317. The smallest absolute Gasteiger partial charge is 0.370 e. The average Bonchev–Trinajstić information content (AvgIpc) is 2.61. The van der Waals surface area contributed by atoms with Gasteiger partial charge in [-0.3, -0.25) is 4.52 Å². The van der Waals surface area contributed by atoms with Crippen molar-refractivity contribution in [2.75, 3.05) is 13.2 Å². The van der Waals surface area contributed by atoms with Gasteiger partial charge in [0.05, 0.1) is 18.8 Å². The van der Waals surface area contributed by atoms with E-state index < -0.39 is 15.6 Å². The summed E-state index contributed by atoms with van der Waals surface area (Å²) in [5.74, 6) is 0. The molecule has 0 aliphatic carbocycles. The number of epoxide rings is 1. The first-order chi connectivity index (χ1) is 6.62. The maximum absolute atomic E-state index is 10.9. The van der Waals surface area contributed by atoms with Crippen molar-refractivity contribution in [3.63, 3.8) is 0 Å². The highest BCUT2D eigenvalue weighted by molar-refractivity contribution is 7.60. The Labute approximate surface area is 86.0 Å². The van der Waals surface area contributed by atoms with E-state index in [4.69, 9.17) is 19.4 Å². The quantitative estimate of drug-likeness (QED) is 0.463. The minimum atomic E-state index is -5.02. The van der Waals surface area contributed by atoms with E-state index in [2.05, 4.69) is 8.83 Å². The van der Waals surface area contributed by atoms with Crippen molar-refractivity contribution >= 4 is 15.6 Å². The number of rotatable bonds is 6. The molecule has 3 N–H and O–H groups in total. The van der Waals surface area contributed by atoms with Gasteiger partial charge in [0.1, 0.15) is 0 Å². The summed E-state index contributed by atoms with van der Waals surface area (Å²) in [4.78, 5) is 25.4. The van der Waals surface area contributed by atoms with Crippen LogP contribution in [0.25, 0.3) is 0 Å². The van der Waals surface area contributed by atoms with Gasteiger partial charge in [0.25, 0.3) is 0 Å². The fourth-order valence-electron chi connectivity index (χ4n) is 0.802. The lowest BCUT2D eigenvalue weighted by Crippen LogP contribution is -2.08. The molecule has 0 aromatic rings. The van der Waals surface area contributed by atoms with Crippen molar-refractivity contribution in [1.82, 2.24) is 0 Å². The van der Waals surface area contributed by atoms with Crippen LogP contribution in [-0.2, 0) is 22.7 Å². The molecule has 1 aliphatic heterocycles. The van der Waals surface area contributed by atoms with Gasteiger partial charge >= 0.3 is 15.6 Å². The maximum atomic E-state index is 10.9. The summed E-state index contributed by atoms with van der Waals surface area (Å²) in [7, 11) is -9.71. The van der Waals surface area contributed by atoms with Crippen LogP contribution in [0.1, 0.15) is 13.3 Å². The fourth-order valence-corrected chi connectivity index (χ4v) is 2.39. The van der Waals surface area contributed by atoms with Crippen LogP contribution >= 0.6 is 15.6 Å². The highest BCUT2D eigenvalue weighted by Crippen LogP contribution is 2.57. The topological polar surface area (TPSA) is 126 Å². The van der Waals surface area contributed by atoms with Crippen molar-refractivity contribution in [1.29, 1.82) is 0 Å². The molecular weight excluding hydrogens is 250 g/mol. The Hall–Kier alpha value is 0.220. The first-order valence-electron chi connectivity index (χ1n) is 4.00. The summed E-state index contributed by atoms with van der Waals surface area (Å²) in [6, 6.07) is 0. The van der Waals surface area contributed by atoms with Gasteiger partial charge in [-0.05, 0) is 6.92 Å². The van der Waals surface area contributed by atoms with Gasteiger partial charge in [0.2, 0.25) is 0 Å². The molecule has 10 heteroatoms. The van der Waals surface area contributed by atoms with E-state index in [0.29, 0.717) is 13.0 Å². The number of ether oxygens (including phenoxy) is 1. The van der Waals surface area contributed by atoms with Crippen LogP contribution in [-0.4, -0.2) is 33.5 Å². The number of hydrogen-bond donors (Lipinski definition) is 3. The third-order valence-electron chi connectivity index (χ3n) is 1.73. The zero-order chi connectivity index (χ0) is 11.7. The SMILES string of the molecule is C[C@]1(CCOP(=O)(O)OP(=O)(O)O)CO1. The second-order valence-corrected chi connectivity index (χ2v) is 6.19. The van der Waals surface area contributed by atoms with Crippen LogP contribution in [0, 0.1) is 0 Å². The van der Waals surface area contributed by atoms with E-state index in [9.17, 15) is 9.13 Å². The molecule has 0 amide bonds. The third-order valence-corrected chi connectivity index (χ3v) is 3.92. The molecule has 0 bridgehead atoms. The van der Waals surface area contributed by atoms with Crippen LogP contribution in [0.3, 0.4) is 0 Å². The van der Waals surface area contributed by atoms with E-state index in [1.807, 2.05) is 0 Å². The molecule has 1 aliphatic rings. The normalized spacial score (nSPS) is 29.9. The standard InChI is InChI=1S/C5H12O8P2/c1-5(4-11-5)2-3-12-15(9,10)13-14(6,7)8/h2-4H2,1H3,(H,9,10)(H2,6,7,8)/t5-/m0/s1. The minimum absolute atomic E-state index is 0.176. The molecule has 0 aromatic heterocycles. The van der Waals surface area contributed by atoms with Crippen molar-refractivity contribution in [3.05, 3.63) is 0 Å². The van der Waals surface area contributed by atoms with E-state index in [1.54, 1.807) is 6.92 Å². The zero-order valence-corrected chi connectivity index (χ0v) is 9.69. The van der Waals surface area contributed by atoms with Crippen LogP contribution in [0.4, 0.5) is 0 Å². The summed E-state index contributed by atoms with van der Waals surface area (Å²) in [6.45, 7) is 2.14. The molecule has 15 heavy (non-hydrogen) atoms. The molecule has 1 rings (SSSR count). The number of hydrogen-bond acceptors (Lipinski definition) is 5. The fraction of sp³-hybridized carbons (Fsp3) is 1.00. The van der Waals surface area contributed by atoms with E-state index in [1.165, 1.54) is 0 Å².